The molecule has 1 saturated heterocycles. The van der Waals surface area contributed by atoms with Crippen LogP contribution in [0.5, 0.6) is 0 Å². The van der Waals surface area contributed by atoms with Crippen molar-refractivity contribution in [3.63, 3.8) is 0 Å². The largest absolute Gasteiger partial charge is 0.336 e. The second-order valence-electron chi connectivity index (χ2n) is 5.98. The Morgan fingerprint density at radius 1 is 1.47 bits per heavy atom. The van der Waals surface area contributed by atoms with Crippen molar-refractivity contribution >= 4 is 17.7 Å². The van der Waals surface area contributed by atoms with Crippen molar-refractivity contribution in [2.45, 2.75) is 56.4 Å². The Bertz CT molecular complexity index is 467. The van der Waals surface area contributed by atoms with Crippen LogP contribution in [-0.4, -0.2) is 27.1 Å². The average molecular weight is 278 g/mol. The number of thioether (sulfide) groups is 1. The van der Waals surface area contributed by atoms with Gasteiger partial charge in [-0.3, -0.25) is 4.79 Å². The number of hydrogen-bond acceptors (Lipinski definition) is 3. The Hall–Kier alpha value is -1.03. The van der Waals surface area contributed by atoms with E-state index in [-0.39, 0.29) is 16.7 Å². The van der Waals surface area contributed by atoms with Gasteiger partial charge in [0.15, 0.2) is 0 Å². The van der Waals surface area contributed by atoms with E-state index in [2.05, 4.69) is 31.8 Å². The highest BCUT2D eigenvalue weighted by Gasteiger charge is 2.30. The van der Waals surface area contributed by atoms with Gasteiger partial charge >= 0.3 is 0 Å². The smallest absolute Gasteiger partial charge is 0.219 e. The third kappa shape index (κ3) is 3.50. The predicted molar refractivity (Wildman–Crippen MR) is 79.2 cm³/mol. The lowest BCUT2D eigenvalue weighted by Gasteiger charge is -2.26. The molecule has 0 bridgehead atoms. The van der Waals surface area contributed by atoms with Crippen molar-refractivity contribution < 1.29 is 4.79 Å². The standard InChI is InChI=1S/C15H22N2OS/c1-11(18)17-10-6-8-13(17)12-7-5-9-16-14(12)19-15(2,3)4/h5,7,9,13H,6,8,10H2,1-4H3/t13-/m1/s1. The lowest BCUT2D eigenvalue weighted by Crippen LogP contribution is -2.28. The van der Waals surface area contributed by atoms with Crippen molar-refractivity contribution in [1.82, 2.24) is 9.88 Å². The molecule has 1 aliphatic heterocycles. The van der Waals surface area contributed by atoms with Crippen LogP contribution in [0.4, 0.5) is 0 Å². The quantitative estimate of drug-likeness (QED) is 0.774. The molecule has 0 unspecified atom stereocenters. The van der Waals surface area contributed by atoms with Crippen LogP contribution >= 0.6 is 11.8 Å². The molecule has 0 aliphatic carbocycles. The highest BCUT2D eigenvalue weighted by Crippen LogP contribution is 2.39. The molecular formula is C15H22N2OS. The molecule has 1 aliphatic rings. The molecule has 19 heavy (non-hydrogen) atoms. The lowest BCUT2D eigenvalue weighted by molar-refractivity contribution is -0.129. The molecule has 2 heterocycles. The van der Waals surface area contributed by atoms with Gasteiger partial charge in [0.2, 0.25) is 5.91 Å². The van der Waals surface area contributed by atoms with Crippen LogP contribution in [0.15, 0.2) is 23.4 Å². The van der Waals surface area contributed by atoms with Gasteiger partial charge in [-0.2, -0.15) is 0 Å². The zero-order chi connectivity index (χ0) is 14.0. The van der Waals surface area contributed by atoms with Crippen LogP contribution in [-0.2, 0) is 4.79 Å². The van der Waals surface area contributed by atoms with E-state index < -0.39 is 0 Å². The molecule has 1 amide bonds. The van der Waals surface area contributed by atoms with Crippen molar-refractivity contribution in [2.75, 3.05) is 6.54 Å². The van der Waals surface area contributed by atoms with Gasteiger partial charge in [-0.25, -0.2) is 4.98 Å². The third-order valence-electron chi connectivity index (χ3n) is 3.22. The Morgan fingerprint density at radius 3 is 2.84 bits per heavy atom. The molecule has 0 N–H and O–H groups in total. The van der Waals surface area contributed by atoms with Crippen molar-refractivity contribution in [3.05, 3.63) is 23.9 Å². The maximum absolute atomic E-state index is 11.7. The van der Waals surface area contributed by atoms with Gasteiger partial charge in [-0.1, -0.05) is 26.8 Å². The number of nitrogens with zero attached hydrogens (tertiary/aromatic N) is 2. The van der Waals surface area contributed by atoms with Gasteiger partial charge < -0.3 is 4.90 Å². The summed E-state index contributed by atoms with van der Waals surface area (Å²) in [7, 11) is 0. The Labute approximate surface area is 119 Å². The van der Waals surface area contributed by atoms with E-state index in [4.69, 9.17) is 0 Å². The fraction of sp³-hybridized carbons (Fsp3) is 0.600. The summed E-state index contributed by atoms with van der Waals surface area (Å²) in [5.41, 5.74) is 1.20. The first-order valence-electron chi connectivity index (χ1n) is 6.79. The summed E-state index contributed by atoms with van der Waals surface area (Å²) >= 11 is 1.78. The van der Waals surface area contributed by atoms with Crippen LogP contribution in [0.25, 0.3) is 0 Å². The maximum atomic E-state index is 11.7. The Kier molecular flexibility index (Phi) is 4.19. The zero-order valence-electron chi connectivity index (χ0n) is 12.1. The van der Waals surface area contributed by atoms with E-state index >= 15 is 0 Å². The first-order chi connectivity index (χ1) is 8.88. The molecule has 0 aromatic carbocycles. The van der Waals surface area contributed by atoms with Gasteiger partial charge in [0, 0.05) is 30.0 Å². The maximum Gasteiger partial charge on any atom is 0.219 e. The third-order valence-corrected chi connectivity index (χ3v) is 4.37. The average Bonchev–Trinajstić information content (AvgIpc) is 2.76. The minimum absolute atomic E-state index is 0.128. The summed E-state index contributed by atoms with van der Waals surface area (Å²) in [6.45, 7) is 9.09. The van der Waals surface area contributed by atoms with Gasteiger partial charge in [-0.15, -0.1) is 11.8 Å². The molecular weight excluding hydrogens is 256 g/mol. The first-order valence-corrected chi connectivity index (χ1v) is 7.61. The molecule has 1 fully saturated rings. The monoisotopic (exact) mass is 278 g/mol. The topological polar surface area (TPSA) is 33.2 Å². The van der Waals surface area contributed by atoms with E-state index in [0.717, 1.165) is 24.4 Å². The molecule has 1 aromatic heterocycles. The Balaban J connectivity index is 2.31. The minimum Gasteiger partial charge on any atom is -0.336 e. The summed E-state index contributed by atoms with van der Waals surface area (Å²) in [6, 6.07) is 4.29. The van der Waals surface area contributed by atoms with Crippen LogP contribution in [0, 0.1) is 0 Å². The molecule has 1 atom stereocenters. The second kappa shape index (κ2) is 5.53. The molecule has 2 rings (SSSR count). The predicted octanol–water partition coefficient (Wildman–Crippen LogP) is 3.66. The second-order valence-corrected chi connectivity index (χ2v) is 7.80. The van der Waals surface area contributed by atoms with Crippen molar-refractivity contribution in [3.8, 4) is 0 Å². The molecule has 0 radical (unpaired) electrons. The normalized spacial score (nSPS) is 19.8. The van der Waals surface area contributed by atoms with Gasteiger partial charge in [0.25, 0.3) is 0 Å². The van der Waals surface area contributed by atoms with E-state index in [1.165, 1.54) is 5.56 Å². The highest BCUT2D eigenvalue weighted by molar-refractivity contribution is 8.00. The zero-order valence-corrected chi connectivity index (χ0v) is 13.0. The van der Waals surface area contributed by atoms with Crippen molar-refractivity contribution in [2.24, 2.45) is 0 Å². The number of hydrogen-bond donors (Lipinski definition) is 0. The summed E-state index contributed by atoms with van der Waals surface area (Å²) in [5.74, 6) is 0.165. The van der Waals surface area contributed by atoms with E-state index in [1.54, 1.807) is 18.7 Å². The van der Waals surface area contributed by atoms with Crippen LogP contribution in [0.2, 0.25) is 0 Å². The minimum atomic E-state index is 0.128. The molecule has 104 valence electrons. The lowest BCUT2D eigenvalue weighted by atomic mass is 10.1. The van der Waals surface area contributed by atoms with E-state index in [0.29, 0.717) is 0 Å². The molecule has 4 heteroatoms. The van der Waals surface area contributed by atoms with Crippen LogP contribution < -0.4 is 0 Å². The molecule has 1 aromatic rings. The van der Waals surface area contributed by atoms with E-state index in [9.17, 15) is 4.79 Å². The number of amides is 1. The molecule has 3 nitrogen and oxygen atoms in total. The Morgan fingerprint density at radius 2 is 2.21 bits per heavy atom. The van der Waals surface area contributed by atoms with E-state index in [1.807, 2.05) is 17.2 Å². The molecule has 0 spiro atoms. The fourth-order valence-electron chi connectivity index (χ4n) is 2.50. The van der Waals surface area contributed by atoms with Gasteiger partial charge in [-0.05, 0) is 18.9 Å². The first kappa shape index (κ1) is 14.4. The number of carbonyl (C=O) groups excluding carboxylic acids is 1. The fourth-order valence-corrected chi connectivity index (χ4v) is 3.51. The number of carbonyl (C=O) groups is 1. The van der Waals surface area contributed by atoms with Crippen LogP contribution in [0.1, 0.15) is 52.1 Å². The summed E-state index contributed by atoms with van der Waals surface area (Å²) in [6.07, 6.45) is 3.96. The summed E-state index contributed by atoms with van der Waals surface area (Å²) in [5, 5.41) is 1.06. The number of pyridine rings is 1. The van der Waals surface area contributed by atoms with Crippen LogP contribution in [0.3, 0.4) is 0 Å². The van der Waals surface area contributed by atoms with Crippen molar-refractivity contribution in [1.29, 1.82) is 0 Å². The summed E-state index contributed by atoms with van der Waals surface area (Å²) < 4.78 is 0.128. The van der Waals surface area contributed by atoms with Gasteiger partial charge in [0.1, 0.15) is 5.03 Å². The number of aromatic nitrogens is 1. The van der Waals surface area contributed by atoms with Gasteiger partial charge in [0.05, 0.1) is 6.04 Å². The summed E-state index contributed by atoms with van der Waals surface area (Å²) in [4.78, 5) is 18.2. The SMILES string of the molecule is CC(=O)N1CCC[C@@H]1c1cccnc1SC(C)(C)C. The highest BCUT2D eigenvalue weighted by atomic mass is 32.2. The number of likely N-dealkylation sites (tertiary alicyclic amines) is 1. The molecule has 0 saturated carbocycles. The number of rotatable bonds is 2.